The Labute approximate surface area is 156 Å². The second-order valence-electron chi connectivity index (χ2n) is 5.76. The lowest BCUT2D eigenvalue weighted by atomic mass is 9.93. The van der Waals surface area contributed by atoms with Crippen LogP contribution >= 0.6 is 11.8 Å². The first-order valence-electron chi connectivity index (χ1n) is 8.06. The number of aliphatic imine (C=N–C) groups is 1. The highest BCUT2D eigenvalue weighted by atomic mass is 32.2. The summed E-state index contributed by atoms with van der Waals surface area (Å²) in [5.41, 5.74) is 1.49. The smallest absolute Gasteiger partial charge is 0.338 e. The van der Waals surface area contributed by atoms with E-state index >= 15 is 0 Å². The second kappa shape index (κ2) is 7.41. The highest BCUT2D eigenvalue weighted by molar-refractivity contribution is 8.14. The lowest BCUT2D eigenvalue weighted by Crippen LogP contribution is -2.45. The van der Waals surface area contributed by atoms with Gasteiger partial charge >= 0.3 is 5.97 Å². The number of esters is 1. The third-order valence-electron chi connectivity index (χ3n) is 4.34. The van der Waals surface area contributed by atoms with Gasteiger partial charge < -0.3 is 14.2 Å². The molecule has 1 fully saturated rings. The van der Waals surface area contributed by atoms with Gasteiger partial charge in [-0.3, -0.25) is 9.69 Å². The molecule has 1 amide bonds. The maximum Gasteiger partial charge on any atom is 0.338 e. The molecule has 1 saturated heterocycles. The van der Waals surface area contributed by atoms with E-state index in [1.165, 1.54) is 18.9 Å². The van der Waals surface area contributed by atoms with Crippen molar-refractivity contribution in [2.24, 2.45) is 4.99 Å². The molecule has 0 aliphatic carbocycles. The quantitative estimate of drug-likeness (QED) is 0.752. The number of hydrogen-bond donors (Lipinski definition) is 0. The molecule has 2 heterocycles. The Balaban J connectivity index is 2.25. The Morgan fingerprint density at radius 2 is 2.04 bits per heavy atom. The molecule has 7 nitrogen and oxygen atoms in total. The van der Waals surface area contributed by atoms with E-state index in [-0.39, 0.29) is 5.91 Å². The number of methoxy groups -OCH3 is 3. The Hall–Kier alpha value is -2.48. The molecule has 1 aromatic rings. The summed E-state index contributed by atoms with van der Waals surface area (Å²) in [4.78, 5) is 31.3. The summed E-state index contributed by atoms with van der Waals surface area (Å²) in [5, 5.41) is 0.585. The first kappa shape index (κ1) is 18.3. The van der Waals surface area contributed by atoms with E-state index in [1.54, 1.807) is 44.2 Å². The van der Waals surface area contributed by atoms with E-state index in [1.807, 2.05) is 0 Å². The predicted molar refractivity (Wildman–Crippen MR) is 98.4 cm³/mol. The fourth-order valence-electron chi connectivity index (χ4n) is 3.11. The molecule has 2 aliphatic rings. The summed E-state index contributed by atoms with van der Waals surface area (Å²) in [6.07, 6.45) is 0.375. The molecule has 138 valence electrons. The van der Waals surface area contributed by atoms with Crippen LogP contribution in [0.2, 0.25) is 0 Å². The number of nitrogens with zero attached hydrogens (tertiary/aromatic N) is 2. The molecule has 3 rings (SSSR count). The van der Waals surface area contributed by atoms with E-state index in [2.05, 4.69) is 4.99 Å². The number of hydrogen-bond acceptors (Lipinski definition) is 7. The molecule has 0 N–H and O–H groups in total. The topological polar surface area (TPSA) is 77.4 Å². The van der Waals surface area contributed by atoms with E-state index < -0.39 is 12.0 Å². The lowest BCUT2D eigenvalue weighted by Gasteiger charge is -2.39. The first-order chi connectivity index (χ1) is 12.5. The molecule has 1 unspecified atom stereocenters. The van der Waals surface area contributed by atoms with Gasteiger partial charge in [0.05, 0.1) is 32.6 Å². The van der Waals surface area contributed by atoms with Crippen molar-refractivity contribution in [3.05, 3.63) is 35.0 Å². The van der Waals surface area contributed by atoms with E-state index in [0.29, 0.717) is 45.7 Å². The van der Waals surface area contributed by atoms with Crippen molar-refractivity contribution < 1.29 is 23.8 Å². The number of benzene rings is 1. The van der Waals surface area contributed by atoms with Gasteiger partial charge in [0.1, 0.15) is 17.5 Å². The molecule has 0 aromatic heterocycles. The summed E-state index contributed by atoms with van der Waals surface area (Å²) >= 11 is 1.49. The van der Waals surface area contributed by atoms with Crippen molar-refractivity contribution in [3.63, 3.8) is 0 Å². The van der Waals surface area contributed by atoms with Gasteiger partial charge in [-0.25, -0.2) is 9.79 Å². The van der Waals surface area contributed by atoms with Crippen LogP contribution < -0.4 is 9.47 Å². The maximum atomic E-state index is 12.7. The zero-order chi connectivity index (χ0) is 18.8. The zero-order valence-corrected chi connectivity index (χ0v) is 15.9. The Kier molecular flexibility index (Phi) is 5.22. The van der Waals surface area contributed by atoms with Gasteiger partial charge in [0, 0.05) is 17.7 Å². The summed E-state index contributed by atoms with van der Waals surface area (Å²) in [6.45, 7) is 1.75. The van der Waals surface area contributed by atoms with Crippen LogP contribution in [0, 0.1) is 0 Å². The Bertz CT molecular complexity index is 818. The van der Waals surface area contributed by atoms with Crippen molar-refractivity contribution in [2.45, 2.75) is 19.4 Å². The minimum atomic E-state index is -0.680. The number of ether oxygens (including phenoxy) is 3. The normalized spacial score (nSPS) is 19.7. The minimum absolute atomic E-state index is 0.0914. The fourth-order valence-corrected chi connectivity index (χ4v) is 4.12. The number of amidine groups is 1. The van der Waals surface area contributed by atoms with E-state index in [4.69, 9.17) is 14.2 Å². The van der Waals surface area contributed by atoms with Crippen LogP contribution in [-0.4, -0.2) is 49.0 Å². The molecule has 26 heavy (non-hydrogen) atoms. The molecule has 0 radical (unpaired) electrons. The third kappa shape index (κ3) is 3.05. The molecule has 2 aliphatic heterocycles. The van der Waals surface area contributed by atoms with Crippen LogP contribution in [-0.2, 0) is 14.3 Å². The number of fused-ring (bicyclic) bond motifs is 1. The van der Waals surface area contributed by atoms with Crippen molar-refractivity contribution >= 4 is 28.8 Å². The highest BCUT2D eigenvalue weighted by Gasteiger charge is 2.42. The van der Waals surface area contributed by atoms with Crippen LogP contribution in [0.25, 0.3) is 0 Å². The van der Waals surface area contributed by atoms with Gasteiger partial charge in [-0.05, 0) is 25.1 Å². The highest BCUT2D eigenvalue weighted by Crippen LogP contribution is 2.44. The third-order valence-corrected chi connectivity index (χ3v) is 5.30. The molecule has 8 heteroatoms. The molecule has 1 aromatic carbocycles. The molecule has 0 saturated carbocycles. The van der Waals surface area contributed by atoms with Gasteiger partial charge in [-0.15, -0.1) is 0 Å². The average molecular weight is 376 g/mol. The Morgan fingerprint density at radius 1 is 1.27 bits per heavy atom. The number of thioether (sulfide) groups is 1. The van der Waals surface area contributed by atoms with Crippen molar-refractivity contribution in [1.29, 1.82) is 0 Å². The number of amides is 1. The van der Waals surface area contributed by atoms with E-state index in [0.717, 1.165) is 0 Å². The zero-order valence-electron chi connectivity index (χ0n) is 15.1. The van der Waals surface area contributed by atoms with Gasteiger partial charge in [-0.2, -0.15) is 0 Å². The Morgan fingerprint density at radius 3 is 2.69 bits per heavy atom. The number of allylic oxidation sites excluding steroid dienone is 1. The van der Waals surface area contributed by atoms with Crippen molar-refractivity contribution in [2.75, 3.05) is 27.1 Å². The number of rotatable bonds is 4. The van der Waals surface area contributed by atoms with Crippen molar-refractivity contribution in [3.8, 4) is 11.5 Å². The maximum absolute atomic E-state index is 12.7. The standard InChI is InChI=1S/C18H20N2O5S/c1-10-15(17(22)25-4)16(20-14(21)7-8-26-18(20)19-10)12-9-11(23-2)5-6-13(12)24-3/h5-6,9,16H,7-8H2,1-4H3. The van der Waals surface area contributed by atoms with Crippen molar-refractivity contribution in [1.82, 2.24) is 4.90 Å². The number of carbonyl (C=O) groups is 2. The lowest BCUT2D eigenvalue weighted by molar-refractivity contribution is -0.137. The van der Waals surface area contributed by atoms with Crippen LogP contribution in [0.4, 0.5) is 0 Å². The largest absolute Gasteiger partial charge is 0.497 e. The molecular weight excluding hydrogens is 356 g/mol. The first-order valence-corrected chi connectivity index (χ1v) is 9.05. The van der Waals surface area contributed by atoms with Gasteiger partial charge in [0.25, 0.3) is 0 Å². The molecule has 0 spiro atoms. The van der Waals surface area contributed by atoms with Gasteiger partial charge in [-0.1, -0.05) is 11.8 Å². The van der Waals surface area contributed by atoms with Gasteiger partial charge in [0.15, 0.2) is 5.17 Å². The average Bonchev–Trinajstić information content (AvgIpc) is 2.66. The van der Waals surface area contributed by atoms with Crippen LogP contribution in [0.15, 0.2) is 34.5 Å². The van der Waals surface area contributed by atoms with E-state index in [9.17, 15) is 9.59 Å². The molecular formula is C18H20N2O5S. The minimum Gasteiger partial charge on any atom is -0.497 e. The second-order valence-corrected chi connectivity index (χ2v) is 6.82. The SMILES string of the molecule is COC(=O)C1=C(C)N=C2SCCC(=O)N2C1c1cc(OC)ccc1OC. The van der Waals surface area contributed by atoms with Gasteiger partial charge in [0.2, 0.25) is 5.91 Å². The van der Waals surface area contributed by atoms with Crippen LogP contribution in [0.1, 0.15) is 24.9 Å². The summed E-state index contributed by atoms with van der Waals surface area (Å²) in [7, 11) is 4.42. The van der Waals surface area contributed by atoms with Crippen LogP contribution in [0.3, 0.4) is 0 Å². The monoisotopic (exact) mass is 376 g/mol. The summed E-state index contributed by atoms with van der Waals surface area (Å²) in [6, 6.07) is 4.61. The summed E-state index contributed by atoms with van der Waals surface area (Å²) in [5.74, 6) is 1.20. The molecule has 1 atom stereocenters. The summed E-state index contributed by atoms with van der Waals surface area (Å²) < 4.78 is 15.8. The van der Waals surface area contributed by atoms with Crippen LogP contribution in [0.5, 0.6) is 11.5 Å². The fraction of sp³-hybridized carbons (Fsp3) is 0.389. The molecule has 0 bridgehead atoms. The number of carbonyl (C=O) groups excluding carboxylic acids is 2. The predicted octanol–water partition coefficient (Wildman–Crippen LogP) is 2.53.